The zero-order valence-corrected chi connectivity index (χ0v) is 18.4. The number of methoxy groups -OCH3 is 2. The third-order valence-electron chi connectivity index (χ3n) is 9.16. The summed E-state index contributed by atoms with van der Waals surface area (Å²) in [5.41, 5.74) is 1.73. The van der Waals surface area contributed by atoms with Gasteiger partial charge in [-0.15, -0.1) is 0 Å². The average molecular weight is 410 g/mol. The molecule has 4 aliphatic carbocycles. The second-order valence-corrected chi connectivity index (χ2v) is 9.96. The van der Waals surface area contributed by atoms with Gasteiger partial charge in [-0.05, 0) is 50.9 Å². The number of nitrogens with zero attached hydrogens (tertiary/aromatic N) is 1. The molecule has 2 aliphatic heterocycles. The largest absolute Gasteiger partial charge is 0.493 e. The van der Waals surface area contributed by atoms with Gasteiger partial charge in [0.05, 0.1) is 18.4 Å². The van der Waals surface area contributed by atoms with Crippen LogP contribution < -0.4 is 9.47 Å². The van der Waals surface area contributed by atoms with Crippen LogP contribution in [0.5, 0.6) is 11.5 Å². The molecule has 2 heterocycles. The number of piperidine rings is 1. The molecule has 6 atom stereocenters. The first-order valence-corrected chi connectivity index (χ1v) is 11.3. The molecule has 1 unspecified atom stereocenters. The van der Waals surface area contributed by atoms with Crippen LogP contribution in [-0.4, -0.2) is 56.2 Å². The number of hydrogen-bond acceptors (Lipinski definition) is 5. The molecule has 5 nitrogen and oxygen atoms in total. The number of fused-ring (bicyclic) bond motifs is 1. The Morgan fingerprint density at radius 1 is 1.30 bits per heavy atom. The highest BCUT2D eigenvalue weighted by Gasteiger charge is 2.79. The molecule has 0 amide bonds. The van der Waals surface area contributed by atoms with Crippen molar-refractivity contribution in [2.45, 2.75) is 62.2 Å². The number of likely N-dealkylation sites (N-methyl/N-ethyl adjacent to an activating group) is 1. The van der Waals surface area contributed by atoms with Crippen molar-refractivity contribution in [2.75, 3.05) is 27.8 Å². The van der Waals surface area contributed by atoms with Gasteiger partial charge in [-0.2, -0.15) is 0 Å². The Hall–Kier alpha value is -1.85. The van der Waals surface area contributed by atoms with Crippen LogP contribution in [0.15, 0.2) is 24.3 Å². The van der Waals surface area contributed by atoms with Gasteiger partial charge in [-0.3, -0.25) is 4.79 Å². The minimum atomic E-state index is -0.715. The molecule has 1 saturated heterocycles. The number of ether oxygens (including phenoxy) is 3. The summed E-state index contributed by atoms with van der Waals surface area (Å²) in [6, 6.07) is 4.65. The zero-order valence-electron chi connectivity index (χ0n) is 18.4. The topological polar surface area (TPSA) is 48.0 Å². The van der Waals surface area contributed by atoms with Gasteiger partial charge in [0.15, 0.2) is 11.5 Å². The quantitative estimate of drug-likeness (QED) is 0.699. The number of ketones is 1. The molecule has 1 aromatic rings. The molecule has 6 aliphatic rings. The molecule has 4 bridgehead atoms. The lowest BCUT2D eigenvalue weighted by molar-refractivity contribution is -0.213. The van der Waals surface area contributed by atoms with Crippen LogP contribution in [0.3, 0.4) is 0 Å². The van der Waals surface area contributed by atoms with Crippen LogP contribution in [-0.2, 0) is 21.4 Å². The summed E-state index contributed by atoms with van der Waals surface area (Å²) in [6.45, 7) is 3.11. The molecule has 1 aromatic carbocycles. The highest BCUT2D eigenvalue weighted by atomic mass is 16.6. The molecule has 5 heteroatoms. The van der Waals surface area contributed by atoms with E-state index in [1.54, 1.807) is 14.2 Å². The molecule has 2 spiro atoms. The molecular formula is C25H31NO4. The van der Waals surface area contributed by atoms with Crippen molar-refractivity contribution in [3.05, 3.63) is 35.4 Å². The second kappa shape index (κ2) is 5.89. The monoisotopic (exact) mass is 409 g/mol. The van der Waals surface area contributed by atoms with E-state index in [-0.39, 0.29) is 22.9 Å². The van der Waals surface area contributed by atoms with Crippen molar-refractivity contribution in [3.63, 3.8) is 0 Å². The van der Waals surface area contributed by atoms with E-state index in [1.807, 2.05) is 6.07 Å². The van der Waals surface area contributed by atoms with Crippen molar-refractivity contribution in [1.82, 2.24) is 4.90 Å². The summed E-state index contributed by atoms with van der Waals surface area (Å²) in [4.78, 5) is 15.9. The van der Waals surface area contributed by atoms with E-state index in [0.29, 0.717) is 18.2 Å². The molecular weight excluding hydrogens is 378 g/mol. The molecule has 7 rings (SSSR count). The predicted octanol–water partition coefficient (Wildman–Crippen LogP) is 3.28. The van der Waals surface area contributed by atoms with Gasteiger partial charge >= 0.3 is 0 Å². The summed E-state index contributed by atoms with van der Waals surface area (Å²) in [5.74, 6) is 1.84. The fourth-order valence-corrected chi connectivity index (χ4v) is 7.99. The Kier molecular flexibility index (Phi) is 3.71. The molecule has 0 aromatic heterocycles. The maximum absolute atomic E-state index is 13.4. The van der Waals surface area contributed by atoms with Crippen LogP contribution in [0.1, 0.15) is 43.7 Å². The Balaban J connectivity index is 1.65. The van der Waals surface area contributed by atoms with Crippen LogP contribution in [0.4, 0.5) is 0 Å². The first-order valence-electron chi connectivity index (χ1n) is 11.3. The van der Waals surface area contributed by atoms with Crippen molar-refractivity contribution in [1.29, 1.82) is 0 Å². The van der Waals surface area contributed by atoms with Crippen LogP contribution in [0.2, 0.25) is 0 Å². The van der Waals surface area contributed by atoms with Crippen molar-refractivity contribution in [2.24, 2.45) is 11.3 Å². The van der Waals surface area contributed by atoms with Crippen LogP contribution >= 0.6 is 0 Å². The third kappa shape index (κ3) is 1.79. The van der Waals surface area contributed by atoms with E-state index in [9.17, 15) is 4.79 Å². The predicted molar refractivity (Wildman–Crippen MR) is 113 cm³/mol. The van der Waals surface area contributed by atoms with E-state index in [1.165, 1.54) is 11.1 Å². The van der Waals surface area contributed by atoms with E-state index >= 15 is 0 Å². The lowest BCUT2D eigenvalue weighted by Gasteiger charge is -2.70. The van der Waals surface area contributed by atoms with Crippen molar-refractivity contribution < 1.29 is 19.0 Å². The first-order chi connectivity index (χ1) is 14.5. The minimum absolute atomic E-state index is 0.108. The number of benzene rings is 1. The number of Topliss-reactive ketones (excluding diaryl/α,β-unsaturated/α-hetero) is 1. The van der Waals surface area contributed by atoms with Crippen LogP contribution in [0.25, 0.3) is 0 Å². The smallest absolute Gasteiger partial charge is 0.166 e. The van der Waals surface area contributed by atoms with Crippen molar-refractivity contribution >= 4 is 5.78 Å². The number of carbonyl (C=O) groups excluding carboxylic acids is 1. The highest BCUT2D eigenvalue weighted by Crippen LogP contribution is 2.74. The zero-order chi connectivity index (χ0) is 20.9. The first kappa shape index (κ1) is 18.9. The summed E-state index contributed by atoms with van der Waals surface area (Å²) in [7, 11) is 5.71. The Labute approximate surface area is 178 Å². The van der Waals surface area contributed by atoms with Gasteiger partial charge in [0.2, 0.25) is 0 Å². The summed E-state index contributed by atoms with van der Waals surface area (Å²) >= 11 is 0. The highest BCUT2D eigenvalue weighted by molar-refractivity contribution is 5.84. The maximum atomic E-state index is 13.4. The van der Waals surface area contributed by atoms with Gasteiger partial charge in [-0.1, -0.05) is 25.1 Å². The third-order valence-corrected chi connectivity index (χ3v) is 9.16. The lowest BCUT2D eigenvalue weighted by atomic mass is 9.37. The maximum Gasteiger partial charge on any atom is 0.166 e. The Morgan fingerprint density at radius 2 is 2.13 bits per heavy atom. The van der Waals surface area contributed by atoms with Gasteiger partial charge < -0.3 is 19.1 Å². The number of likely N-dealkylation sites (tertiary alicyclic amines) is 1. The number of hydrogen-bond donors (Lipinski definition) is 0. The number of carbonyl (C=O) groups is 1. The Morgan fingerprint density at radius 3 is 2.87 bits per heavy atom. The van der Waals surface area contributed by atoms with Gasteiger partial charge in [0, 0.05) is 30.6 Å². The summed E-state index contributed by atoms with van der Waals surface area (Å²) in [6.07, 6.45) is 8.74. The Bertz CT molecular complexity index is 972. The summed E-state index contributed by atoms with van der Waals surface area (Å²) < 4.78 is 18.9. The SMILES string of the molecule is CCCC(=O)[C@H]1C[C@@]23C=C[C@]1(OC)[C@@H]1Oc4c(OC)ccc5c4C12CCN(C)[C@@H]3C5. The average Bonchev–Trinajstić information content (AvgIpc) is 3.13. The van der Waals surface area contributed by atoms with Crippen LogP contribution in [0, 0.1) is 11.3 Å². The molecule has 1 saturated carbocycles. The molecule has 2 fully saturated rings. The fraction of sp³-hybridized carbons (Fsp3) is 0.640. The molecule has 0 radical (unpaired) electrons. The van der Waals surface area contributed by atoms with Gasteiger partial charge in [-0.25, -0.2) is 0 Å². The standard InChI is InChI=1S/C25H31NO4/c1-5-6-17(27)16-14-23-9-10-25(16,29-4)22-24(23)11-12-26(2)19(23)13-15-7-8-18(28-3)21(30-22)20(15)24/h7-10,16,19,22H,5-6,11-14H2,1-4H3/t16-,19-,22-,23-,24?,25-/m1/s1. The van der Waals surface area contributed by atoms with Gasteiger partial charge in [0.25, 0.3) is 0 Å². The molecule has 0 N–H and O–H groups in total. The summed E-state index contributed by atoms with van der Waals surface area (Å²) in [5, 5.41) is 0. The van der Waals surface area contributed by atoms with Gasteiger partial charge in [0.1, 0.15) is 17.5 Å². The number of rotatable bonds is 5. The fourth-order valence-electron chi connectivity index (χ4n) is 7.99. The van der Waals surface area contributed by atoms with E-state index in [4.69, 9.17) is 14.2 Å². The van der Waals surface area contributed by atoms with E-state index in [0.717, 1.165) is 43.7 Å². The normalized spacial score (nSPS) is 42.1. The minimum Gasteiger partial charge on any atom is -0.493 e. The molecule has 160 valence electrons. The van der Waals surface area contributed by atoms with Crippen molar-refractivity contribution in [3.8, 4) is 11.5 Å². The second-order valence-electron chi connectivity index (χ2n) is 9.96. The lowest BCUT2D eigenvalue weighted by Crippen LogP contribution is -2.79. The van der Waals surface area contributed by atoms with E-state index < -0.39 is 5.60 Å². The molecule has 30 heavy (non-hydrogen) atoms. The van der Waals surface area contributed by atoms with E-state index in [2.05, 4.69) is 37.1 Å².